The van der Waals surface area contributed by atoms with Crippen molar-refractivity contribution in [2.24, 2.45) is 0 Å². The van der Waals surface area contributed by atoms with E-state index in [0.717, 1.165) is 28.1 Å². The van der Waals surface area contributed by atoms with E-state index >= 15 is 0 Å². The van der Waals surface area contributed by atoms with Crippen molar-refractivity contribution in [2.45, 2.75) is 37.8 Å². The molecule has 1 N–H and O–H groups in total. The topological polar surface area (TPSA) is 97.8 Å². The molecule has 0 bridgehead atoms. The Hall–Kier alpha value is -2.68. The van der Waals surface area contributed by atoms with Crippen LogP contribution in [0, 0.1) is 0 Å². The lowest BCUT2D eigenvalue weighted by Crippen LogP contribution is -2.48. The lowest BCUT2D eigenvalue weighted by molar-refractivity contribution is -0.144. The maximum atomic E-state index is 12.9. The number of aromatic nitrogens is 1. The number of nitrogens with zero attached hydrogens (tertiary/aromatic N) is 2. The Kier molecular flexibility index (Phi) is 6.45. The Labute approximate surface area is 166 Å². The van der Waals surface area contributed by atoms with Crippen molar-refractivity contribution in [3.8, 4) is 0 Å². The summed E-state index contributed by atoms with van der Waals surface area (Å²) in [5.74, 6) is -1.04. The second-order valence-electron chi connectivity index (χ2n) is 6.51. The molecule has 0 saturated carbocycles. The van der Waals surface area contributed by atoms with E-state index in [1.807, 2.05) is 24.3 Å². The number of methoxy groups -OCH3 is 2. The minimum Gasteiger partial charge on any atom is -0.469 e. The van der Waals surface area contributed by atoms with Crippen LogP contribution in [0.3, 0.4) is 0 Å². The highest BCUT2D eigenvalue weighted by atomic mass is 32.1. The molecule has 1 fully saturated rings. The quantitative estimate of drug-likeness (QED) is 0.742. The molecular weight excluding hydrogens is 382 g/mol. The van der Waals surface area contributed by atoms with Crippen LogP contribution in [0.5, 0.6) is 0 Å². The normalized spacial score (nSPS) is 17.4. The van der Waals surface area contributed by atoms with Crippen LogP contribution in [0.4, 0.5) is 4.79 Å². The van der Waals surface area contributed by atoms with Gasteiger partial charge >= 0.3 is 18.0 Å². The van der Waals surface area contributed by atoms with E-state index in [1.165, 1.54) is 14.2 Å². The number of fused-ring (bicyclic) bond motifs is 1. The molecule has 150 valence electrons. The minimum absolute atomic E-state index is 0.0118. The van der Waals surface area contributed by atoms with Crippen molar-refractivity contribution in [2.75, 3.05) is 20.8 Å². The molecule has 1 aliphatic rings. The summed E-state index contributed by atoms with van der Waals surface area (Å²) in [6, 6.07) is 6.47. The van der Waals surface area contributed by atoms with E-state index in [-0.39, 0.29) is 24.9 Å². The van der Waals surface area contributed by atoms with Gasteiger partial charge in [0.05, 0.1) is 30.5 Å². The fourth-order valence-corrected chi connectivity index (χ4v) is 4.40. The van der Waals surface area contributed by atoms with Gasteiger partial charge in [0.25, 0.3) is 0 Å². The first-order valence-electron chi connectivity index (χ1n) is 9.10. The third-order valence-electron chi connectivity index (χ3n) is 4.76. The van der Waals surface area contributed by atoms with Gasteiger partial charge in [0.2, 0.25) is 0 Å². The van der Waals surface area contributed by atoms with Crippen LogP contribution in [0.15, 0.2) is 24.3 Å². The van der Waals surface area contributed by atoms with Gasteiger partial charge < -0.3 is 19.7 Å². The Balaban J connectivity index is 1.71. The molecule has 0 aliphatic carbocycles. The molecule has 2 aromatic rings. The minimum atomic E-state index is -0.909. The molecule has 1 unspecified atom stereocenters. The van der Waals surface area contributed by atoms with Gasteiger partial charge in [-0.2, -0.15) is 0 Å². The summed E-state index contributed by atoms with van der Waals surface area (Å²) in [4.78, 5) is 42.6. The SMILES string of the molecule is COC(=O)CC[C@@H](NC(=O)N1CCCC1c1nc2ccccc2s1)C(=O)OC. The maximum Gasteiger partial charge on any atom is 0.328 e. The molecule has 0 radical (unpaired) electrons. The first-order valence-corrected chi connectivity index (χ1v) is 9.92. The highest BCUT2D eigenvalue weighted by molar-refractivity contribution is 7.18. The number of carbonyl (C=O) groups is 3. The molecule has 1 aliphatic heterocycles. The molecule has 1 saturated heterocycles. The van der Waals surface area contributed by atoms with Crippen LogP contribution >= 0.6 is 11.3 Å². The number of ether oxygens (including phenoxy) is 2. The predicted octanol–water partition coefficient (Wildman–Crippen LogP) is 2.64. The van der Waals surface area contributed by atoms with E-state index in [4.69, 9.17) is 4.74 Å². The molecule has 9 heteroatoms. The summed E-state index contributed by atoms with van der Waals surface area (Å²) in [5, 5.41) is 3.59. The lowest BCUT2D eigenvalue weighted by atomic mass is 10.1. The van der Waals surface area contributed by atoms with E-state index in [0.29, 0.717) is 6.54 Å². The summed E-state index contributed by atoms with van der Waals surface area (Å²) in [7, 11) is 2.53. The van der Waals surface area contributed by atoms with Crippen molar-refractivity contribution >= 4 is 39.5 Å². The van der Waals surface area contributed by atoms with Gasteiger partial charge in [-0.25, -0.2) is 14.6 Å². The van der Waals surface area contributed by atoms with Gasteiger partial charge in [0.1, 0.15) is 11.0 Å². The maximum absolute atomic E-state index is 12.9. The number of hydrogen-bond donors (Lipinski definition) is 1. The summed E-state index contributed by atoms with van der Waals surface area (Å²) in [5.41, 5.74) is 0.917. The van der Waals surface area contributed by atoms with Gasteiger partial charge in [-0.05, 0) is 31.4 Å². The zero-order valence-corrected chi connectivity index (χ0v) is 16.7. The summed E-state index contributed by atoms with van der Waals surface area (Å²) >= 11 is 1.58. The molecule has 1 aromatic heterocycles. The monoisotopic (exact) mass is 405 g/mol. The molecule has 1 aromatic carbocycles. The van der Waals surface area contributed by atoms with Crippen LogP contribution in [0.2, 0.25) is 0 Å². The Morgan fingerprint density at radius 1 is 1.29 bits per heavy atom. The summed E-state index contributed by atoms with van der Waals surface area (Å²) < 4.78 is 10.4. The first kappa shape index (κ1) is 20.1. The molecule has 2 amide bonds. The number of para-hydroxylation sites is 1. The Morgan fingerprint density at radius 3 is 2.79 bits per heavy atom. The number of hydrogen-bond acceptors (Lipinski definition) is 7. The van der Waals surface area contributed by atoms with Crippen molar-refractivity contribution in [1.29, 1.82) is 0 Å². The number of urea groups is 1. The van der Waals surface area contributed by atoms with Crippen LogP contribution in [-0.4, -0.2) is 54.7 Å². The van der Waals surface area contributed by atoms with Crippen LogP contribution in [-0.2, 0) is 19.1 Å². The van der Waals surface area contributed by atoms with Gasteiger partial charge in [0.15, 0.2) is 0 Å². The molecule has 28 heavy (non-hydrogen) atoms. The van der Waals surface area contributed by atoms with Crippen molar-refractivity contribution in [3.63, 3.8) is 0 Å². The number of esters is 2. The number of nitrogens with one attached hydrogen (secondary N) is 1. The highest BCUT2D eigenvalue weighted by Gasteiger charge is 2.34. The standard InChI is InChI=1S/C19H23N3O5S/c1-26-16(23)10-9-13(18(24)27-2)21-19(25)22-11-5-7-14(22)17-20-12-6-3-4-8-15(12)28-17/h3-4,6,8,13-14H,5,7,9-11H2,1-2H3,(H,21,25)/t13-,14?/m1/s1. The number of thiazole rings is 1. The Morgan fingerprint density at radius 2 is 2.07 bits per heavy atom. The van der Waals surface area contributed by atoms with Crippen molar-refractivity contribution in [1.82, 2.24) is 15.2 Å². The van der Waals surface area contributed by atoms with Crippen LogP contribution in [0.1, 0.15) is 36.7 Å². The third-order valence-corrected chi connectivity index (χ3v) is 5.90. The molecule has 8 nitrogen and oxygen atoms in total. The highest BCUT2D eigenvalue weighted by Crippen LogP contribution is 2.36. The van der Waals surface area contributed by atoms with Crippen molar-refractivity contribution < 1.29 is 23.9 Å². The second-order valence-corrected chi connectivity index (χ2v) is 7.57. The van der Waals surface area contributed by atoms with Crippen molar-refractivity contribution in [3.05, 3.63) is 29.3 Å². The number of likely N-dealkylation sites (tertiary alicyclic amines) is 1. The van der Waals surface area contributed by atoms with Gasteiger partial charge in [-0.1, -0.05) is 12.1 Å². The average Bonchev–Trinajstić information content (AvgIpc) is 3.36. The largest absolute Gasteiger partial charge is 0.469 e. The number of carbonyl (C=O) groups excluding carboxylic acids is 3. The van der Waals surface area contributed by atoms with E-state index < -0.39 is 18.0 Å². The number of benzene rings is 1. The van der Waals surface area contributed by atoms with Gasteiger partial charge in [-0.3, -0.25) is 4.79 Å². The third kappa shape index (κ3) is 4.41. The Bertz CT molecular complexity index is 835. The predicted molar refractivity (Wildman–Crippen MR) is 104 cm³/mol. The molecule has 3 rings (SSSR count). The summed E-state index contributed by atoms with van der Waals surface area (Å²) in [6.07, 6.45) is 1.81. The molecule has 2 heterocycles. The molecule has 2 atom stereocenters. The second kappa shape index (κ2) is 9.01. The zero-order chi connectivity index (χ0) is 20.1. The molecular formula is C19H23N3O5S. The summed E-state index contributed by atoms with van der Waals surface area (Å²) in [6.45, 7) is 0.581. The van der Waals surface area contributed by atoms with Crippen LogP contribution < -0.4 is 5.32 Å². The van der Waals surface area contributed by atoms with Gasteiger partial charge in [-0.15, -0.1) is 11.3 Å². The van der Waals surface area contributed by atoms with Gasteiger partial charge in [0, 0.05) is 13.0 Å². The number of amides is 2. The smallest absolute Gasteiger partial charge is 0.328 e. The molecule has 0 spiro atoms. The fourth-order valence-electron chi connectivity index (χ4n) is 3.29. The average molecular weight is 405 g/mol. The zero-order valence-electron chi connectivity index (χ0n) is 15.8. The van der Waals surface area contributed by atoms with E-state index in [1.54, 1.807) is 16.2 Å². The van der Waals surface area contributed by atoms with Crippen LogP contribution in [0.25, 0.3) is 10.2 Å². The number of rotatable bonds is 6. The van der Waals surface area contributed by atoms with E-state index in [2.05, 4.69) is 15.0 Å². The van der Waals surface area contributed by atoms with E-state index in [9.17, 15) is 14.4 Å². The first-order chi connectivity index (χ1) is 13.5. The fraction of sp³-hybridized carbons (Fsp3) is 0.474. The lowest BCUT2D eigenvalue weighted by Gasteiger charge is -2.26.